The second-order valence-electron chi connectivity index (χ2n) is 8.14. The second-order valence-corrected chi connectivity index (χ2v) is 8.14. The van der Waals surface area contributed by atoms with Gasteiger partial charge in [-0.3, -0.25) is 4.79 Å². The van der Waals surface area contributed by atoms with Crippen molar-refractivity contribution < 1.29 is 14.3 Å². The van der Waals surface area contributed by atoms with Crippen molar-refractivity contribution >= 4 is 18.3 Å². The molecule has 26 heavy (non-hydrogen) atoms. The minimum absolute atomic E-state index is 0. The Morgan fingerprint density at radius 1 is 1.31 bits per heavy atom. The molecule has 0 saturated heterocycles. The smallest absolute Gasteiger partial charge is 0.240 e. The van der Waals surface area contributed by atoms with E-state index >= 15 is 0 Å². The maximum absolute atomic E-state index is 12.8. The summed E-state index contributed by atoms with van der Waals surface area (Å²) in [5, 5.41) is 3.06. The number of benzene rings is 1. The lowest BCUT2D eigenvalue weighted by atomic mass is 9.54. The Morgan fingerprint density at radius 2 is 1.88 bits per heavy atom. The summed E-state index contributed by atoms with van der Waals surface area (Å²) in [6.07, 6.45) is 0.589. The van der Waals surface area contributed by atoms with Crippen molar-refractivity contribution in [2.24, 2.45) is 11.1 Å². The molecule has 2 unspecified atom stereocenters. The van der Waals surface area contributed by atoms with E-state index in [1.54, 1.807) is 7.11 Å². The fourth-order valence-corrected chi connectivity index (χ4v) is 3.42. The Bertz CT molecular complexity index is 616. The van der Waals surface area contributed by atoms with Gasteiger partial charge in [0.2, 0.25) is 5.91 Å². The first-order chi connectivity index (χ1) is 11.6. The molecule has 1 amide bonds. The van der Waals surface area contributed by atoms with Crippen LogP contribution in [0.3, 0.4) is 0 Å². The number of carbonyl (C=O) groups excluding carboxylic acids is 1. The Hall–Kier alpha value is -1.30. The number of amides is 1. The van der Waals surface area contributed by atoms with Gasteiger partial charge in [-0.05, 0) is 24.6 Å². The lowest BCUT2D eigenvalue weighted by Gasteiger charge is -2.57. The number of nitrogens with two attached hydrogens (primary N) is 1. The molecule has 0 bridgehead atoms. The van der Waals surface area contributed by atoms with E-state index in [1.165, 1.54) is 0 Å². The molecule has 2 rings (SSSR count). The maximum Gasteiger partial charge on any atom is 0.240 e. The van der Waals surface area contributed by atoms with E-state index in [4.69, 9.17) is 15.2 Å². The highest BCUT2D eigenvalue weighted by molar-refractivity contribution is 5.88. The van der Waals surface area contributed by atoms with E-state index in [0.29, 0.717) is 19.6 Å². The highest BCUT2D eigenvalue weighted by Gasteiger charge is 2.62. The lowest BCUT2D eigenvalue weighted by Crippen LogP contribution is -2.76. The Labute approximate surface area is 163 Å². The van der Waals surface area contributed by atoms with Gasteiger partial charge in [0.05, 0.1) is 13.2 Å². The van der Waals surface area contributed by atoms with Crippen LogP contribution in [0.1, 0.15) is 46.6 Å². The molecule has 1 aromatic carbocycles. The Morgan fingerprint density at radius 3 is 2.35 bits per heavy atom. The van der Waals surface area contributed by atoms with E-state index in [-0.39, 0.29) is 35.2 Å². The largest absolute Gasteiger partial charge is 0.497 e. The predicted molar refractivity (Wildman–Crippen MR) is 107 cm³/mol. The maximum atomic E-state index is 12.8. The molecule has 148 valence electrons. The number of hydrogen-bond donors (Lipinski definition) is 2. The molecular weight excluding hydrogens is 352 g/mol. The zero-order valence-electron chi connectivity index (χ0n) is 16.7. The van der Waals surface area contributed by atoms with Gasteiger partial charge in [0.1, 0.15) is 11.3 Å². The first-order valence-electron chi connectivity index (χ1n) is 8.92. The number of ether oxygens (including phenoxy) is 2. The predicted octanol–water partition coefficient (Wildman–Crippen LogP) is 3.04. The summed E-state index contributed by atoms with van der Waals surface area (Å²) in [7, 11) is 1.65. The van der Waals surface area contributed by atoms with E-state index in [2.05, 4.69) is 19.2 Å². The van der Waals surface area contributed by atoms with Crippen LogP contribution in [0.15, 0.2) is 24.3 Å². The molecule has 1 saturated carbocycles. The minimum Gasteiger partial charge on any atom is -0.497 e. The molecule has 0 radical (unpaired) electrons. The highest BCUT2D eigenvalue weighted by atomic mass is 35.5. The van der Waals surface area contributed by atoms with Crippen LogP contribution < -0.4 is 15.8 Å². The first kappa shape index (κ1) is 22.7. The molecule has 1 aliphatic rings. The molecular formula is C20H33ClN2O3. The summed E-state index contributed by atoms with van der Waals surface area (Å²) in [5.41, 5.74) is 6.11. The average Bonchev–Trinajstić information content (AvgIpc) is 2.59. The van der Waals surface area contributed by atoms with Crippen LogP contribution in [0, 0.1) is 5.41 Å². The second kappa shape index (κ2) is 8.15. The third-order valence-electron chi connectivity index (χ3n) is 5.80. The lowest BCUT2D eigenvalue weighted by molar-refractivity contribution is -0.170. The van der Waals surface area contributed by atoms with Crippen LogP contribution in [0.4, 0.5) is 0 Å². The number of rotatable bonds is 7. The number of carbonyl (C=O) groups is 1. The standard InChI is InChI=1S/C20H32N2O3.ClH/c1-7-25-16-12-20(21,19(16,4)5)17(23)22-13-18(2,3)14-8-10-15(24-6)11-9-14;/h8-11,16H,7,12-13,21H2,1-6H3,(H,22,23);1H. The van der Waals surface area contributed by atoms with Crippen LogP contribution in [0.5, 0.6) is 5.75 Å². The third-order valence-corrected chi connectivity index (χ3v) is 5.80. The number of methoxy groups -OCH3 is 1. The van der Waals surface area contributed by atoms with Gasteiger partial charge in [-0.2, -0.15) is 0 Å². The molecule has 0 aromatic heterocycles. The van der Waals surface area contributed by atoms with Gasteiger partial charge < -0.3 is 20.5 Å². The Kier molecular flexibility index (Phi) is 7.13. The molecule has 1 aromatic rings. The van der Waals surface area contributed by atoms with Crippen molar-refractivity contribution in [3.05, 3.63) is 29.8 Å². The summed E-state index contributed by atoms with van der Waals surface area (Å²) in [5.74, 6) is 0.720. The highest BCUT2D eigenvalue weighted by Crippen LogP contribution is 2.49. The zero-order valence-corrected chi connectivity index (χ0v) is 17.5. The number of nitrogens with one attached hydrogen (secondary N) is 1. The molecule has 0 aliphatic heterocycles. The summed E-state index contributed by atoms with van der Waals surface area (Å²) in [6, 6.07) is 7.93. The summed E-state index contributed by atoms with van der Waals surface area (Å²) in [6.45, 7) is 11.3. The van der Waals surface area contributed by atoms with Crippen LogP contribution in [0.25, 0.3) is 0 Å². The van der Waals surface area contributed by atoms with E-state index in [9.17, 15) is 4.79 Å². The summed E-state index contributed by atoms with van der Waals surface area (Å²) < 4.78 is 10.9. The zero-order chi connectivity index (χ0) is 18.9. The van der Waals surface area contributed by atoms with Crippen LogP contribution in [-0.4, -0.2) is 37.8 Å². The van der Waals surface area contributed by atoms with Gasteiger partial charge in [-0.15, -0.1) is 12.4 Å². The van der Waals surface area contributed by atoms with Gasteiger partial charge in [0.25, 0.3) is 0 Å². The third kappa shape index (κ3) is 4.00. The summed E-state index contributed by atoms with van der Waals surface area (Å²) >= 11 is 0. The molecule has 6 heteroatoms. The van der Waals surface area contributed by atoms with Gasteiger partial charge >= 0.3 is 0 Å². The van der Waals surface area contributed by atoms with Crippen molar-refractivity contribution in [1.29, 1.82) is 0 Å². The molecule has 2 atom stereocenters. The van der Waals surface area contributed by atoms with Gasteiger partial charge in [-0.25, -0.2) is 0 Å². The Balaban J connectivity index is 0.00000338. The minimum atomic E-state index is -0.886. The fourth-order valence-electron chi connectivity index (χ4n) is 3.42. The fraction of sp³-hybridized carbons (Fsp3) is 0.650. The average molecular weight is 385 g/mol. The van der Waals surface area contributed by atoms with Gasteiger partial charge in [0.15, 0.2) is 0 Å². The van der Waals surface area contributed by atoms with E-state index < -0.39 is 5.54 Å². The van der Waals surface area contributed by atoms with Crippen molar-refractivity contribution in [3.63, 3.8) is 0 Å². The van der Waals surface area contributed by atoms with E-state index in [1.807, 2.05) is 45.0 Å². The quantitative estimate of drug-likeness (QED) is 0.757. The summed E-state index contributed by atoms with van der Waals surface area (Å²) in [4.78, 5) is 12.8. The normalized spacial score (nSPS) is 24.2. The molecule has 5 nitrogen and oxygen atoms in total. The van der Waals surface area contributed by atoms with Crippen molar-refractivity contribution in [2.75, 3.05) is 20.3 Å². The molecule has 3 N–H and O–H groups in total. The molecule has 0 spiro atoms. The van der Waals surface area contributed by atoms with Gasteiger partial charge in [0, 0.05) is 30.4 Å². The molecule has 1 fully saturated rings. The molecule has 1 aliphatic carbocycles. The van der Waals surface area contributed by atoms with Crippen molar-refractivity contribution in [2.45, 2.75) is 58.1 Å². The van der Waals surface area contributed by atoms with Crippen LogP contribution >= 0.6 is 12.4 Å². The number of halogens is 1. The van der Waals surface area contributed by atoms with E-state index in [0.717, 1.165) is 11.3 Å². The van der Waals surface area contributed by atoms with Crippen molar-refractivity contribution in [1.82, 2.24) is 5.32 Å². The van der Waals surface area contributed by atoms with Crippen molar-refractivity contribution in [3.8, 4) is 5.75 Å². The van der Waals surface area contributed by atoms with Gasteiger partial charge in [-0.1, -0.05) is 39.8 Å². The SMILES string of the molecule is CCOC1CC(N)(C(=O)NCC(C)(C)c2ccc(OC)cc2)C1(C)C.Cl. The van der Waals surface area contributed by atoms with Crippen LogP contribution in [0.2, 0.25) is 0 Å². The molecule has 0 heterocycles. The monoisotopic (exact) mass is 384 g/mol. The number of hydrogen-bond acceptors (Lipinski definition) is 4. The topological polar surface area (TPSA) is 73.6 Å². The first-order valence-corrected chi connectivity index (χ1v) is 8.92. The van der Waals surface area contributed by atoms with Crippen LogP contribution in [-0.2, 0) is 14.9 Å².